The molecule has 1 saturated carbocycles. The second-order valence-electron chi connectivity index (χ2n) is 10.1. The van der Waals surface area contributed by atoms with E-state index < -0.39 is 6.04 Å². The van der Waals surface area contributed by atoms with Crippen LogP contribution in [0.5, 0.6) is 0 Å². The SMILES string of the molecule is CCn1nccc1C(=O)N[C@H](C(=O)c1ccc(Nc2ccc(-c3c(C)noc3C)cn2)cc1)C1CCCCC1. The number of hydrogen-bond donors (Lipinski definition) is 2. The fraction of sp³-hybridized carbons (Fsp3) is 0.367. The number of aromatic nitrogens is 4. The average molecular weight is 527 g/mol. The minimum absolute atomic E-state index is 0.0636. The predicted molar refractivity (Wildman–Crippen MR) is 149 cm³/mol. The fourth-order valence-corrected chi connectivity index (χ4v) is 5.41. The Labute approximate surface area is 228 Å². The molecule has 1 amide bonds. The maximum atomic E-state index is 13.7. The Morgan fingerprint density at radius 1 is 1.05 bits per heavy atom. The Bertz CT molecular complexity index is 1410. The van der Waals surface area contributed by atoms with Crippen LogP contribution in [0.3, 0.4) is 0 Å². The van der Waals surface area contributed by atoms with Crippen molar-refractivity contribution in [2.75, 3.05) is 5.32 Å². The maximum Gasteiger partial charge on any atom is 0.270 e. The molecule has 202 valence electrons. The summed E-state index contributed by atoms with van der Waals surface area (Å²) in [6, 6.07) is 12.3. The van der Waals surface area contributed by atoms with Gasteiger partial charge >= 0.3 is 0 Å². The molecule has 5 rings (SSSR count). The van der Waals surface area contributed by atoms with E-state index in [-0.39, 0.29) is 17.6 Å². The topological polar surface area (TPSA) is 115 Å². The predicted octanol–water partition coefficient (Wildman–Crippen LogP) is 5.88. The zero-order valence-electron chi connectivity index (χ0n) is 22.6. The molecule has 1 atom stereocenters. The molecule has 0 bridgehead atoms. The summed E-state index contributed by atoms with van der Waals surface area (Å²) in [4.78, 5) is 31.3. The second kappa shape index (κ2) is 11.6. The minimum atomic E-state index is -0.574. The van der Waals surface area contributed by atoms with E-state index in [4.69, 9.17) is 4.52 Å². The highest BCUT2D eigenvalue weighted by atomic mass is 16.5. The number of aryl methyl sites for hydroxylation is 3. The first-order chi connectivity index (χ1) is 18.9. The van der Waals surface area contributed by atoms with Gasteiger partial charge in [-0.25, -0.2) is 4.98 Å². The molecule has 3 heterocycles. The van der Waals surface area contributed by atoms with Gasteiger partial charge in [-0.1, -0.05) is 24.4 Å². The maximum absolute atomic E-state index is 13.7. The number of ketones is 1. The van der Waals surface area contributed by atoms with Crippen molar-refractivity contribution in [3.05, 3.63) is 77.6 Å². The van der Waals surface area contributed by atoms with E-state index in [0.717, 1.165) is 54.0 Å². The summed E-state index contributed by atoms with van der Waals surface area (Å²) in [5, 5.41) is 14.6. The molecular formula is C30H34N6O3. The normalized spacial score (nSPS) is 14.6. The summed E-state index contributed by atoms with van der Waals surface area (Å²) < 4.78 is 6.91. The van der Waals surface area contributed by atoms with Crippen LogP contribution in [-0.2, 0) is 6.54 Å². The van der Waals surface area contributed by atoms with E-state index in [2.05, 4.69) is 25.9 Å². The Balaban J connectivity index is 1.30. The summed E-state index contributed by atoms with van der Waals surface area (Å²) in [5.41, 5.74) is 4.58. The molecule has 4 aromatic rings. The van der Waals surface area contributed by atoms with Crippen LogP contribution in [-0.4, -0.2) is 37.7 Å². The quantitative estimate of drug-likeness (QED) is 0.262. The van der Waals surface area contributed by atoms with Gasteiger partial charge in [0.15, 0.2) is 5.78 Å². The van der Waals surface area contributed by atoms with Crippen LogP contribution in [0.15, 0.2) is 59.4 Å². The van der Waals surface area contributed by atoms with Crippen molar-refractivity contribution in [3.63, 3.8) is 0 Å². The van der Waals surface area contributed by atoms with E-state index in [0.29, 0.717) is 23.6 Å². The van der Waals surface area contributed by atoms with Crippen molar-refractivity contribution >= 4 is 23.2 Å². The van der Waals surface area contributed by atoms with Gasteiger partial charge < -0.3 is 15.2 Å². The van der Waals surface area contributed by atoms with Crippen molar-refractivity contribution in [3.8, 4) is 11.1 Å². The molecule has 0 radical (unpaired) electrons. The Morgan fingerprint density at radius 2 is 1.82 bits per heavy atom. The Morgan fingerprint density at radius 3 is 2.46 bits per heavy atom. The standard InChI is InChI=1S/C30H34N6O3/c1-4-36-25(16-17-32-36)30(38)34-28(21-8-6-5-7-9-21)29(37)22-10-13-24(14-11-22)33-26-15-12-23(18-31-26)27-19(2)35-39-20(27)3/h10-18,21,28H,4-9H2,1-3H3,(H,31,33)(H,34,38)/t28-/m0/s1. The molecule has 0 aliphatic heterocycles. The van der Waals surface area contributed by atoms with Gasteiger partial charge in [-0.2, -0.15) is 5.10 Å². The second-order valence-corrected chi connectivity index (χ2v) is 10.1. The van der Waals surface area contributed by atoms with Crippen molar-refractivity contribution in [1.82, 2.24) is 25.2 Å². The highest BCUT2D eigenvalue weighted by Gasteiger charge is 2.32. The number of carbonyl (C=O) groups excluding carboxylic acids is 2. The third-order valence-corrected chi connectivity index (χ3v) is 7.47. The molecule has 0 unspecified atom stereocenters. The van der Waals surface area contributed by atoms with Crippen molar-refractivity contribution in [1.29, 1.82) is 0 Å². The van der Waals surface area contributed by atoms with E-state index >= 15 is 0 Å². The van der Waals surface area contributed by atoms with Gasteiger partial charge in [0.1, 0.15) is 17.3 Å². The number of anilines is 2. The molecule has 3 aromatic heterocycles. The van der Waals surface area contributed by atoms with Crippen LogP contribution in [0.25, 0.3) is 11.1 Å². The highest BCUT2D eigenvalue weighted by Crippen LogP contribution is 2.30. The molecule has 2 N–H and O–H groups in total. The van der Waals surface area contributed by atoms with Crippen LogP contribution in [0.2, 0.25) is 0 Å². The van der Waals surface area contributed by atoms with Crippen molar-refractivity contribution < 1.29 is 14.1 Å². The largest absolute Gasteiger partial charge is 0.361 e. The number of carbonyl (C=O) groups is 2. The molecule has 9 heteroatoms. The van der Waals surface area contributed by atoms with Crippen LogP contribution in [0.1, 0.15) is 71.3 Å². The van der Waals surface area contributed by atoms with Crippen LogP contribution in [0.4, 0.5) is 11.5 Å². The molecule has 1 aromatic carbocycles. The summed E-state index contributed by atoms with van der Waals surface area (Å²) in [6.07, 6.45) is 8.57. The molecular weight excluding hydrogens is 492 g/mol. The first kappa shape index (κ1) is 26.3. The monoisotopic (exact) mass is 526 g/mol. The van der Waals surface area contributed by atoms with E-state index in [1.165, 1.54) is 6.42 Å². The van der Waals surface area contributed by atoms with E-state index in [1.807, 2.05) is 45.0 Å². The zero-order chi connectivity index (χ0) is 27.4. The molecule has 0 spiro atoms. The summed E-state index contributed by atoms with van der Waals surface area (Å²) >= 11 is 0. The number of amides is 1. The van der Waals surface area contributed by atoms with Gasteiger partial charge in [0.25, 0.3) is 5.91 Å². The lowest BCUT2D eigenvalue weighted by Gasteiger charge is -2.30. The molecule has 1 aliphatic rings. The van der Waals surface area contributed by atoms with E-state index in [9.17, 15) is 9.59 Å². The van der Waals surface area contributed by atoms with Crippen molar-refractivity contribution in [2.45, 2.75) is 65.5 Å². The van der Waals surface area contributed by atoms with Gasteiger partial charge in [0.2, 0.25) is 0 Å². The van der Waals surface area contributed by atoms with Crippen molar-refractivity contribution in [2.24, 2.45) is 5.92 Å². The Hall–Kier alpha value is -4.27. The van der Waals surface area contributed by atoms with Gasteiger partial charge in [-0.3, -0.25) is 14.3 Å². The van der Waals surface area contributed by atoms with Crippen LogP contribution in [0, 0.1) is 19.8 Å². The molecule has 0 saturated heterocycles. The number of Topliss-reactive ketones (excluding diaryl/α,β-unsaturated/α-hetero) is 1. The smallest absolute Gasteiger partial charge is 0.270 e. The van der Waals surface area contributed by atoms with Crippen LogP contribution >= 0.6 is 0 Å². The minimum Gasteiger partial charge on any atom is -0.361 e. The zero-order valence-corrected chi connectivity index (χ0v) is 22.6. The third-order valence-electron chi connectivity index (χ3n) is 7.47. The fourth-order valence-electron chi connectivity index (χ4n) is 5.41. The first-order valence-electron chi connectivity index (χ1n) is 13.6. The number of rotatable bonds is 9. The number of hydrogen-bond acceptors (Lipinski definition) is 7. The number of pyridine rings is 1. The average Bonchev–Trinajstić information content (AvgIpc) is 3.58. The summed E-state index contributed by atoms with van der Waals surface area (Å²) in [7, 11) is 0. The van der Waals surface area contributed by atoms with Gasteiger partial charge in [-0.05, 0) is 82.0 Å². The number of nitrogens with zero attached hydrogens (tertiary/aromatic N) is 4. The highest BCUT2D eigenvalue weighted by molar-refractivity contribution is 6.04. The van der Waals surface area contributed by atoms with Gasteiger partial charge in [0.05, 0.1) is 11.7 Å². The number of benzene rings is 1. The third kappa shape index (κ3) is 5.77. The Kier molecular flexibility index (Phi) is 7.86. The molecule has 9 nitrogen and oxygen atoms in total. The lowest BCUT2D eigenvalue weighted by molar-refractivity contribution is 0.0797. The van der Waals surface area contributed by atoms with Gasteiger partial charge in [-0.15, -0.1) is 0 Å². The summed E-state index contributed by atoms with van der Waals surface area (Å²) in [5.74, 6) is 1.24. The van der Waals surface area contributed by atoms with E-state index in [1.54, 1.807) is 35.3 Å². The van der Waals surface area contributed by atoms with Gasteiger partial charge in [0, 0.05) is 41.3 Å². The molecule has 39 heavy (non-hydrogen) atoms. The first-order valence-corrected chi connectivity index (χ1v) is 13.6. The lowest BCUT2D eigenvalue weighted by Crippen LogP contribution is -2.47. The summed E-state index contributed by atoms with van der Waals surface area (Å²) in [6.45, 7) is 6.32. The molecule has 1 aliphatic carbocycles. The lowest BCUT2D eigenvalue weighted by atomic mass is 9.81. The van der Waals surface area contributed by atoms with Crippen LogP contribution < -0.4 is 10.6 Å². The number of nitrogens with one attached hydrogen (secondary N) is 2. The molecule has 1 fully saturated rings.